The molecule has 5 rings (SSSR count). The average Bonchev–Trinajstić information content (AvgIpc) is 1.25. The summed E-state index contributed by atoms with van der Waals surface area (Å²) in [5.41, 5.74) is 8.31. The van der Waals surface area contributed by atoms with Gasteiger partial charge in [0.15, 0.2) is 12.1 Å². The lowest BCUT2D eigenvalue weighted by molar-refractivity contribution is -0.942. The predicted molar refractivity (Wildman–Crippen MR) is 498 cm³/mol. The van der Waals surface area contributed by atoms with Gasteiger partial charge in [0, 0.05) is 99.7 Å². The first-order chi connectivity index (χ1) is 64.7. The van der Waals surface area contributed by atoms with Crippen LogP contribution >= 0.6 is 11.3 Å². The number of quaternary nitrogens is 1. The summed E-state index contributed by atoms with van der Waals surface area (Å²) in [6.45, 7) is 24.6. The van der Waals surface area contributed by atoms with Gasteiger partial charge in [-0.05, 0) is 93.7 Å². The lowest BCUT2D eigenvalue weighted by Gasteiger charge is -2.44. The number of carboxylic acids is 2. The Bertz CT molecular complexity index is 4060. The molecule has 2 aliphatic heterocycles. The zero-order valence-electron chi connectivity index (χ0n) is 80.5. The van der Waals surface area contributed by atoms with Crippen LogP contribution in [0.25, 0.3) is 0 Å². The molecule has 12 atom stereocenters. The zero-order chi connectivity index (χ0) is 98.9. The first kappa shape index (κ1) is 116. The molecule has 0 bridgehead atoms. The molecule has 2 aliphatic rings. The maximum Gasteiger partial charge on any atom is 0.411 e. The van der Waals surface area contributed by atoms with Gasteiger partial charge in [-0.25, -0.2) is 9.78 Å². The number of unbranched alkanes of at least 4 members (excludes halogenated alkanes) is 1. The van der Waals surface area contributed by atoms with Gasteiger partial charge in [-0.1, -0.05) is 97.4 Å². The predicted octanol–water partition coefficient (Wildman–Crippen LogP) is 5.46. The van der Waals surface area contributed by atoms with E-state index in [0.717, 1.165) is 54.0 Å². The lowest BCUT2D eigenvalue weighted by atomic mass is 9.92. The van der Waals surface area contributed by atoms with Gasteiger partial charge in [-0.15, -0.1) is 11.3 Å². The van der Waals surface area contributed by atoms with Crippen LogP contribution in [0.15, 0.2) is 72.1 Å². The Balaban J connectivity index is 0.813. The number of nitrogens with zero attached hydrogens (tertiary/aromatic N) is 4. The SMILES string of the molecule is CC[C@H](C)[C@H](NC(=O)[C@H]1CCCC[N+]1(C)Cc1ccc(NC(=O)OCCOCCOCCOCCOCCOCCOCCOCCOCCOCCOCCOCCC(=O)NCCCC[C@H](NC(=O)[C@H](CN)N2C(=O)C=CC2=O)C(=O)N[C@H](C(=O)N[C@@H](C)CCC(=O)O)C(C)C)cc1)C(=O)N(C)[C@H](C[C@@H](OC(C)=O)c1nc(C(=O)N[C@@H](Cc2ccccc2)C[C@H](C)C(=O)O)cs1)C(C)C. The molecule has 0 aliphatic carbocycles. The number of ether oxygens (including phenoxy) is 13. The molecular formula is C94H149N12O28S+. The summed E-state index contributed by atoms with van der Waals surface area (Å²) >= 11 is 1.15. The van der Waals surface area contributed by atoms with Crippen LogP contribution in [0.3, 0.4) is 0 Å². The Morgan fingerprint density at radius 3 is 1.62 bits per heavy atom. The molecule has 11 N–H and O–H groups in total. The maximum absolute atomic E-state index is 14.9. The minimum absolute atomic E-state index is 0.0237. The summed E-state index contributed by atoms with van der Waals surface area (Å²) in [5, 5.41) is 40.4. The standard InChI is InChI=1S/C94H148N12O28S/c1-12-66(6)85(92(118)104(10)76(64(2)3)60-79(134-69(9)107)91-101-75(63-135-91)87(114)98-73(58-67(7)93(119)120)59-70-20-14-13-15-21-70)103-89(116)78-23-17-19-34-106(78,11)62-71-25-27-72(28-26-71)99-94(121)133-57-56-132-55-54-131-53-52-130-51-50-129-49-48-128-47-46-127-45-44-126-43-42-125-41-40-124-39-38-123-37-36-122-35-32-80(108)96-33-18-16-22-74(100-88(115)77(61-95)105-81(109)29-30-82(105)110)86(113)102-84(65(4)5)90(117)97-68(8)24-31-83(111)112/h13-15,20-21,25-30,63-68,73-74,76-79,84-85H,12,16-19,22-24,31-62,95H2,1-11H3,(H8-,96,97,98,99,100,102,103,108,111,112,113,114,115,116,117,119,120,121)/p+1/t66-,67-,68-,73+,74-,76+,77-,78+,79+,84-,85-,106?/m0/s1. The molecule has 41 heteroatoms. The highest BCUT2D eigenvalue weighted by Gasteiger charge is 2.45. The molecule has 1 unspecified atom stereocenters. The highest BCUT2D eigenvalue weighted by atomic mass is 32.1. The van der Waals surface area contributed by atoms with Crippen molar-refractivity contribution < 1.29 is 139 Å². The number of esters is 1. The number of thiazole rings is 1. The fraction of sp³-hybridized carbons (Fsp3) is 0.681. The number of hydrogen-bond donors (Lipinski definition) is 10. The van der Waals surface area contributed by atoms with Gasteiger partial charge in [0.2, 0.25) is 29.5 Å². The summed E-state index contributed by atoms with van der Waals surface area (Å²) in [7, 11) is 3.76. The number of aromatic nitrogens is 1. The van der Waals surface area contributed by atoms with Crippen LogP contribution < -0.4 is 43.0 Å². The van der Waals surface area contributed by atoms with Crippen molar-refractivity contribution in [3.8, 4) is 0 Å². The molecule has 0 radical (unpaired) electrons. The minimum atomic E-state index is -1.41. The molecule has 1 aromatic heterocycles. The van der Waals surface area contributed by atoms with E-state index in [9.17, 15) is 67.4 Å². The van der Waals surface area contributed by atoms with E-state index in [1.165, 1.54) is 6.92 Å². The number of anilines is 1. The summed E-state index contributed by atoms with van der Waals surface area (Å²) in [5.74, 6) is -8.92. The van der Waals surface area contributed by atoms with E-state index < -0.39 is 132 Å². The minimum Gasteiger partial charge on any atom is -0.481 e. The quantitative estimate of drug-likeness (QED) is 0.0145. The number of rotatable bonds is 74. The van der Waals surface area contributed by atoms with E-state index in [0.29, 0.717) is 184 Å². The van der Waals surface area contributed by atoms with Crippen LogP contribution in [0.5, 0.6) is 0 Å². The van der Waals surface area contributed by atoms with Gasteiger partial charge in [-0.3, -0.25) is 67.8 Å². The second-order valence-corrected chi connectivity index (χ2v) is 35.2. The van der Waals surface area contributed by atoms with Crippen molar-refractivity contribution in [2.24, 2.45) is 29.4 Å². The Hall–Kier alpha value is -9.60. The molecule has 1 saturated heterocycles. The fourth-order valence-electron chi connectivity index (χ4n) is 14.9. The molecule has 2 aromatic carbocycles. The van der Waals surface area contributed by atoms with Crippen LogP contribution in [-0.2, 0) is 127 Å². The molecule has 135 heavy (non-hydrogen) atoms. The molecule has 3 heterocycles. The number of piperidine rings is 1. The third-order valence-corrected chi connectivity index (χ3v) is 23.7. The molecule has 0 spiro atoms. The highest BCUT2D eigenvalue weighted by molar-refractivity contribution is 7.09. The summed E-state index contributed by atoms with van der Waals surface area (Å²) in [4.78, 5) is 176. The van der Waals surface area contributed by atoms with Crippen molar-refractivity contribution in [1.29, 1.82) is 0 Å². The number of amides is 10. The van der Waals surface area contributed by atoms with E-state index in [4.69, 9.17) is 72.4 Å². The van der Waals surface area contributed by atoms with Crippen LogP contribution in [0, 0.1) is 23.7 Å². The number of imide groups is 1. The number of nitrogens with two attached hydrogens (primary N) is 1. The first-order valence-corrected chi connectivity index (χ1v) is 47.8. The molecule has 1 fully saturated rings. The van der Waals surface area contributed by atoms with Crippen molar-refractivity contribution >= 4 is 94.2 Å². The number of carbonyl (C=O) groups excluding carboxylic acids is 11. The number of benzene rings is 2. The highest BCUT2D eigenvalue weighted by Crippen LogP contribution is 2.33. The second-order valence-electron chi connectivity index (χ2n) is 34.3. The summed E-state index contributed by atoms with van der Waals surface area (Å²) in [6.07, 6.45) is 5.04. The monoisotopic (exact) mass is 1930 g/mol. The van der Waals surface area contributed by atoms with Crippen molar-refractivity contribution in [1.82, 2.24) is 46.7 Å². The summed E-state index contributed by atoms with van der Waals surface area (Å²) in [6, 6.07) is 10.3. The van der Waals surface area contributed by atoms with Crippen molar-refractivity contribution in [2.45, 2.75) is 207 Å². The molecule has 40 nitrogen and oxygen atoms in total. The van der Waals surface area contributed by atoms with Gasteiger partial charge >= 0.3 is 24.0 Å². The number of hydrogen-bond acceptors (Lipinski definition) is 29. The van der Waals surface area contributed by atoms with Gasteiger partial charge in [-0.2, -0.15) is 0 Å². The van der Waals surface area contributed by atoms with Gasteiger partial charge < -0.3 is 119 Å². The van der Waals surface area contributed by atoms with Crippen molar-refractivity contribution in [2.75, 3.05) is 191 Å². The van der Waals surface area contributed by atoms with Gasteiger partial charge in [0.25, 0.3) is 23.6 Å². The van der Waals surface area contributed by atoms with Crippen molar-refractivity contribution in [3.63, 3.8) is 0 Å². The molecule has 10 amide bonds. The number of aliphatic carboxylic acids is 2. The Kier molecular flexibility index (Phi) is 56.7. The van der Waals surface area contributed by atoms with Gasteiger partial charge in [0.05, 0.1) is 165 Å². The van der Waals surface area contributed by atoms with Crippen LogP contribution in [-0.4, -0.2) is 341 Å². The van der Waals surface area contributed by atoms with Crippen molar-refractivity contribution in [3.05, 3.63) is 94.0 Å². The molecule has 758 valence electrons. The zero-order valence-corrected chi connectivity index (χ0v) is 81.3. The first-order valence-electron chi connectivity index (χ1n) is 46.9. The lowest BCUT2D eigenvalue weighted by Crippen LogP contribution is -2.63. The third kappa shape index (κ3) is 45.9. The van der Waals surface area contributed by atoms with Gasteiger partial charge in [0.1, 0.15) is 48.0 Å². The van der Waals surface area contributed by atoms with Crippen LogP contribution in [0.2, 0.25) is 0 Å². The summed E-state index contributed by atoms with van der Waals surface area (Å²) < 4.78 is 72.7. The Morgan fingerprint density at radius 2 is 1.13 bits per heavy atom. The third-order valence-electron chi connectivity index (χ3n) is 22.7. The van der Waals surface area contributed by atoms with E-state index in [1.807, 2.05) is 70.2 Å². The fourth-order valence-corrected chi connectivity index (χ4v) is 15.8. The van der Waals surface area contributed by atoms with Crippen LogP contribution in [0.4, 0.5) is 10.5 Å². The van der Waals surface area contributed by atoms with E-state index in [-0.39, 0.29) is 107 Å². The average molecular weight is 1930 g/mol. The normalized spacial score (nSPS) is 16.5. The van der Waals surface area contributed by atoms with E-state index in [1.54, 1.807) is 57.2 Å². The largest absolute Gasteiger partial charge is 0.481 e. The number of carboxylic acid groups (broad SMARTS) is 2. The second kappa shape index (κ2) is 66.0. The topological polar surface area (TPSA) is 512 Å². The molecule has 0 saturated carbocycles. The smallest absolute Gasteiger partial charge is 0.411 e. The number of nitrogens with one attached hydrogen (secondary N) is 7. The van der Waals surface area contributed by atoms with E-state index in [2.05, 4.69) is 49.2 Å². The van der Waals surface area contributed by atoms with E-state index >= 15 is 0 Å². The number of likely N-dealkylation sites (tertiary alicyclic amines) is 1. The maximum atomic E-state index is 14.9. The Labute approximate surface area is 796 Å². The molecule has 3 aromatic rings. The molecular weight excluding hydrogens is 1780 g/mol. The Morgan fingerprint density at radius 1 is 0.593 bits per heavy atom. The number of carbonyl (C=O) groups is 13. The van der Waals surface area contributed by atoms with Crippen LogP contribution in [0.1, 0.15) is 172 Å². The number of likely N-dealkylation sites (N-methyl/N-ethyl adjacent to an activating group) is 2.